The van der Waals surface area contributed by atoms with Crippen molar-refractivity contribution in [2.75, 3.05) is 18.5 Å². The van der Waals surface area contributed by atoms with Gasteiger partial charge in [0.2, 0.25) is 0 Å². The van der Waals surface area contributed by atoms with Crippen LogP contribution in [0.5, 0.6) is 0 Å². The summed E-state index contributed by atoms with van der Waals surface area (Å²) in [6, 6.07) is 0. The van der Waals surface area contributed by atoms with Crippen molar-refractivity contribution < 1.29 is 0 Å². The summed E-state index contributed by atoms with van der Waals surface area (Å²) in [4.78, 5) is 0. The summed E-state index contributed by atoms with van der Waals surface area (Å²) in [6.07, 6.45) is 11.0. The Hall–Kier alpha value is 0.860. The average molecular weight is 244 g/mol. The summed E-state index contributed by atoms with van der Waals surface area (Å²) >= 11 is 0. The predicted octanol–water partition coefficient (Wildman–Crippen LogP) is 4.70. The fourth-order valence-electron chi connectivity index (χ4n) is 3.26. The van der Waals surface area contributed by atoms with Crippen LogP contribution in [0.2, 0.25) is 0 Å². The van der Waals surface area contributed by atoms with Crippen LogP contribution in [0.3, 0.4) is 0 Å². The molecule has 2 fully saturated rings. The van der Waals surface area contributed by atoms with E-state index in [0.717, 1.165) is 17.0 Å². The third kappa shape index (κ3) is 2.95. The fourth-order valence-corrected chi connectivity index (χ4v) is 10.2. The predicted molar refractivity (Wildman–Crippen MR) is 75.3 cm³/mol. The molecule has 15 heavy (non-hydrogen) atoms. The molecule has 2 rings (SSSR count). The van der Waals surface area contributed by atoms with Crippen LogP contribution in [0.1, 0.15) is 46.5 Å². The van der Waals surface area contributed by atoms with Gasteiger partial charge in [0.25, 0.3) is 0 Å². The summed E-state index contributed by atoms with van der Waals surface area (Å²) < 4.78 is 0. The van der Waals surface area contributed by atoms with Crippen molar-refractivity contribution >= 4 is 15.8 Å². The van der Waals surface area contributed by atoms with Crippen LogP contribution in [-0.4, -0.2) is 35.5 Å². The molecule has 2 heterocycles. The number of rotatable bonds is 3. The Morgan fingerprint density at radius 2 is 1.53 bits per heavy atom. The van der Waals surface area contributed by atoms with Crippen LogP contribution in [0.4, 0.5) is 0 Å². The zero-order valence-electron chi connectivity index (χ0n) is 10.6. The van der Waals surface area contributed by atoms with E-state index >= 15 is 0 Å². The van der Waals surface area contributed by atoms with Crippen LogP contribution in [0.15, 0.2) is 0 Å². The summed E-state index contributed by atoms with van der Waals surface area (Å²) in [7, 11) is 0.869. The van der Waals surface area contributed by atoms with Crippen molar-refractivity contribution in [3.63, 3.8) is 0 Å². The van der Waals surface area contributed by atoms with Crippen molar-refractivity contribution in [1.82, 2.24) is 0 Å². The van der Waals surface area contributed by atoms with E-state index in [0.29, 0.717) is 15.8 Å². The van der Waals surface area contributed by atoms with Crippen molar-refractivity contribution in [2.24, 2.45) is 0 Å². The van der Waals surface area contributed by atoms with Gasteiger partial charge in [0.15, 0.2) is 0 Å². The van der Waals surface area contributed by atoms with Crippen LogP contribution >= 0.6 is 15.8 Å². The maximum absolute atomic E-state index is 2.51. The molecule has 88 valence electrons. The van der Waals surface area contributed by atoms with E-state index in [9.17, 15) is 0 Å². The second kappa shape index (κ2) is 5.46. The van der Waals surface area contributed by atoms with E-state index in [1.54, 1.807) is 18.5 Å². The highest BCUT2D eigenvalue weighted by Crippen LogP contribution is 2.58. The van der Waals surface area contributed by atoms with Gasteiger partial charge in [-0.2, -0.15) is 0 Å². The zero-order valence-corrected chi connectivity index (χ0v) is 12.4. The second-order valence-corrected chi connectivity index (χ2v) is 11.7. The minimum absolute atomic E-state index is 0.413. The Balaban J connectivity index is 1.77. The van der Waals surface area contributed by atoms with Crippen molar-refractivity contribution in [3.8, 4) is 0 Å². The summed E-state index contributed by atoms with van der Waals surface area (Å²) in [5, 5.41) is 0. The normalized spacial score (nSPS) is 42.6. The first-order valence-corrected chi connectivity index (χ1v) is 10.1. The van der Waals surface area contributed by atoms with Gasteiger partial charge in [0.1, 0.15) is 0 Å². The first-order chi connectivity index (χ1) is 7.18. The maximum Gasteiger partial charge on any atom is -0.0235 e. The molecule has 0 amide bonds. The molecule has 0 N–H and O–H groups in total. The third-order valence-corrected chi connectivity index (χ3v) is 11.5. The van der Waals surface area contributed by atoms with E-state index < -0.39 is 0 Å². The molecular formula is C13H26P2. The molecule has 0 saturated carbocycles. The molecule has 0 aromatic rings. The molecule has 4 atom stereocenters. The van der Waals surface area contributed by atoms with Gasteiger partial charge in [0, 0.05) is 0 Å². The van der Waals surface area contributed by atoms with Gasteiger partial charge in [-0.15, -0.1) is 15.8 Å². The summed E-state index contributed by atoms with van der Waals surface area (Å²) in [6.45, 7) is 7.54. The highest BCUT2D eigenvalue weighted by atomic mass is 31.1. The lowest BCUT2D eigenvalue weighted by molar-refractivity contribution is 0.777. The maximum atomic E-state index is 2.51. The molecule has 1 unspecified atom stereocenters. The summed E-state index contributed by atoms with van der Waals surface area (Å²) in [5.41, 5.74) is 3.27. The first-order valence-electron chi connectivity index (χ1n) is 6.68. The highest BCUT2D eigenvalue weighted by molar-refractivity contribution is 7.63. The smallest absolute Gasteiger partial charge is 0.0235 e. The Labute approximate surface area is 98.1 Å². The molecule has 0 spiro atoms. The van der Waals surface area contributed by atoms with Crippen molar-refractivity contribution in [2.45, 2.75) is 63.4 Å². The lowest BCUT2D eigenvalue weighted by Crippen LogP contribution is -2.05. The molecule has 0 aliphatic carbocycles. The van der Waals surface area contributed by atoms with Crippen molar-refractivity contribution in [1.29, 1.82) is 0 Å². The highest BCUT2D eigenvalue weighted by Gasteiger charge is 2.31. The lowest BCUT2D eigenvalue weighted by atomic mass is 10.2. The SMILES string of the molecule is C[C@@H]1CCCP1CCP1[C@H](C)CC[C@H]1C. The largest absolute Gasteiger partial charge is 0.103 e. The minimum Gasteiger partial charge on any atom is -0.103 e. The Morgan fingerprint density at radius 1 is 0.867 bits per heavy atom. The summed E-state index contributed by atoms with van der Waals surface area (Å²) in [5.74, 6) is 0. The van der Waals surface area contributed by atoms with E-state index in [2.05, 4.69) is 20.8 Å². The second-order valence-electron chi connectivity index (χ2n) is 5.54. The van der Waals surface area contributed by atoms with Gasteiger partial charge < -0.3 is 0 Å². The molecule has 0 aromatic heterocycles. The van der Waals surface area contributed by atoms with Gasteiger partial charge in [0.05, 0.1) is 0 Å². The molecule has 2 aliphatic heterocycles. The van der Waals surface area contributed by atoms with Gasteiger partial charge >= 0.3 is 0 Å². The van der Waals surface area contributed by atoms with Crippen LogP contribution in [0.25, 0.3) is 0 Å². The fraction of sp³-hybridized carbons (Fsp3) is 1.00. The van der Waals surface area contributed by atoms with Crippen LogP contribution < -0.4 is 0 Å². The Bertz CT molecular complexity index is 195. The van der Waals surface area contributed by atoms with E-state index in [1.807, 2.05) is 0 Å². The average Bonchev–Trinajstić information content (AvgIpc) is 2.73. The Morgan fingerprint density at radius 3 is 2.07 bits per heavy atom. The number of hydrogen-bond acceptors (Lipinski definition) is 0. The third-order valence-electron chi connectivity index (χ3n) is 4.47. The van der Waals surface area contributed by atoms with Crippen molar-refractivity contribution in [3.05, 3.63) is 0 Å². The van der Waals surface area contributed by atoms with Crippen LogP contribution in [0, 0.1) is 0 Å². The molecular weight excluding hydrogens is 218 g/mol. The minimum atomic E-state index is 0.413. The van der Waals surface area contributed by atoms with E-state index in [4.69, 9.17) is 0 Å². The van der Waals surface area contributed by atoms with Gasteiger partial charge in [-0.25, -0.2) is 0 Å². The monoisotopic (exact) mass is 244 g/mol. The molecule has 2 heteroatoms. The quantitative estimate of drug-likeness (QED) is 0.631. The molecule has 0 radical (unpaired) electrons. The van der Waals surface area contributed by atoms with E-state index in [1.165, 1.54) is 25.7 Å². The topological polar surface area (TPSA) is 0 Å². The van der Waals surface area contributed by atoms with E-state index in [-0.39, 0.29) is 0 Å². The first kappa shape index (κ1) is 12.3. The number of hydrogen-bond donors (Lipinski definition) is 0. The Kier molecular flexibility index (Phi) is 4.49. The van der Waals surface area contributed by atoms with Gasteiger partial charge in [-0.3, -0.25) is 0 Å². The van der Waals surface area contributed by atoms with Gasteiger partial charge in [-0.05, 0) is 61.1 Å². The van der Waals surface area contributed by atoms with Gasteiger partial charge in [-0.1, -0.05) is 20.8 Å². The standard InChI is InChI=1S/C13H26P2/c1-11-5-4-8-14(11)9-10-15-12(2)6-7-13(15)3/h11-13H,4-10H2,1-3H3/t11-,12-,13-,14?/m1/s1. The molecule has 2 aliphatic rings. The van der Waals surface area contributed by atoms with Crippen LogP contribution in [-0.2, 0) is 0 Å². The zero-order chi connectivity index (χ0) is 10.8. The lowest BCUT2D eigenvalue weighted by Gasteiger charge is -2.24. The molecule has 0 bridgehead atoms. The molecule has 2 saturated heterocycles. The molecule has 0 aromatic carbocycles. The molecule has 0 nitrogen and oxygen atoms in total.